The Balaban J connectivity index is 2.42. The maximum Gasteiger partial charge on any atom is 0.118 e. The average molecular weight is 284 g/mol. The monoisotopic (exact) mass is 284 g/mol. The standard InChI is InChI=1S/C17H27NO2/c1-18(2)13-16(17(19)11-5-4-6-12-17)14-7-9-15(20-3)10-8-14/h7-10,16,19H,4-6,11-13H2,1-3H3/p+1/t16-/m0/s1/i1D3,2D3. The summed E-state index contributed by atoms with van der Waals surface area (Å²) in [6, 6.07) is 7.07. The van der Waals surface area contributed by atoms with Crippen molar-refractivity contribution in [2.45, 2.75) is 43.6 Å². The Kier molecular flexibility index (Phi) is 2.99. The lowest BCUT2D eigenvalue weighted by molar-refractivity contribution is -0.860. The Morgan fingerprint density at radius 1 is 1.25 bits per heavy atom. The molecule has 112 valence electrons. The number of aliphatic hydroxyl groups is 1. The van der Waals surface area contributed by atoms with Gasteiger partial charge in [-0.3, -0.25) is 0 Å². The lowest BCUT2D eigenvalue weighted by Crippen LogP contribution is -3.06. The summed E-state index contributed by atoms with van der Waals surface area (Å²) in [4.78, 5) is -0.468. The normalized spacial score (nSPS) is 25.6. The number of methoxy groups -OCH3 is 1. The number of hydrogen-bond acceptors (Lipinski definition) is 2. The lowest BCUT2D eigenvalue weighted by Gasteiger charge is -2.39. The Hall–Kier alpha value is -1.06. The van der Waals surface area contributed by atoms with E-state index >= 15 is 0 Å². The molecule has 20 heavy (non-hydrogen) atoms. The van der Waals surface area contributed by atoms with Gasteiger partial charge in [0.05, 0.1) is 47.3 Å². The minimum Gasteiger partial charge on any atom is -0.497 e. The van der Waals surface area contributed by atoms with Crippen molar-refractivity contribution in [1.82, 2.24) is 0 Å². The van der Waals surface area contributed by atoms with Crippen LogP contribution >= 0.6 is 0 Å². The summed E-state index contributed by atoms with van der Waals surface area (Å²) in [6.07, 6.45) is 3.80. The zero-order valence-corrected chi connectivity index (χ0v) is 12.0. The molecule has 3 heteroatoms. The van der Waals surface area contributed by atoms with Crippen LogP contribution in [-0.2, 0) is 0 Å². The highest BCUT2D eigenvalue weighted by Gasteiger charge is 2.40. The van der Waals surface area contributed by atoms with Crippen molar-refractivity contribution in [2.24, 2.45) is 0 Å². The second-order valence-electron chi connectivity index (χ2n) is 5.67. The molecular formula is C17H28NO2+. The summed E-state index contributed by atoms with van der Waals surface area (Å²) in [5, 5.41) is 11.3. The maximum atomic E-state index is 11.3. The summed E-state index contributed by atoms with van der Waals surface area (Å²) >= 11 is 0. The summed E-state index contributed by atoms with van der Waals surface area (Å²) in [5.41, 5.74) is -0.365. The van der Waals surface area contributed by atoms with Crippen molar-refractivity contribution in [3.63, 3.8) is 0 Å². The van der Waals surface area contributed by atoms with E-state index in [-0.39, 0.29) is 6.54 Å². The largest absolute Gasteiger partial charge is 0.497 e. The Morgan fingerprint density at radius 3 is 2.45 bits per heavy atom. The molecule has 2 rings (SSSR count). The van der Waals surface area contributed by atoms with Gasteiger partial charge in [0.2, 0.25) is 0 Å². The van der Waals surface area contributed by atoms with Gasteiger partial charge in [0, 0.05) is 0 Å². The van der Waals surface area contributed by atoms with Crippen molar-refractivity contribution in [3.05, 3.63) is 29.8 Å². The van der Waals surface area contributed by atoms with Crippen molar-refractivity contribution in [1.29, 1.82) is 0 Å². The van der Waals surface area contributed by atoms with Crippen LogP contribution in [0.2, 0.25) is 0 Å². The van der Waals surface area contributed by atoms with E-state index in [1.807, 2.05) is 0 Å². The third-order valence-electron chi connectivity index (χ3n) is 4.29. The minimum atomic E-state index is -2.69. The van der Waals surface area contributed by atoms with E-state index in [4.69, 9.17) is 13.0 Å². The van der Waals surface area contributed by atoms with Gasteiger partial charge < -0.3 is 14.7 Å². The van der Waals surface area contributed by atoms with Gasteiger partial charge in [-0.2, -0.15) is 0 Å². The SMILES string of the molecule is [2H]C([2H])([2H])[NH+](C[C@@H](c1ccc(OC)cc1)C1(O)CCCCC1)C([2H])([2H])[2H]. The van der Waals surface area contributed by atoms with E-state index < -0.39 is 30.4 Å². The van der Waals surface area contributed by atoms with Crippen LogP contribution in [-0.4, -0.2) is 38.3 Å². The molecule has 3 nitrogen and oxygen atoms in total. The van der Waals surface area contributed by atoms with Gasteiger partial charge in [-0.25, -0.2) is 0 Å². The molecule has 0 aromatic heterocycles. The van der Waals surface area contributed by atoms with Gasteiger partial charge in [-0.05, 0) is 30.5 Å². The summed E-state index contributed by atoms with van der Waals surface area (Å²) in [6.45, 7) is -5.57. The third-order valence-corrected chi connectivity index (χ3v) is 4.29. The van der Waals surface area contributed by atoms with Gasteiger partial charge in [0.25, 0.3) is 0 Å². The molecule has 0 amide bonds. The zero-order valence-electron chi connectivity index (χ0n) is 18.0. The Labute approximate surface area is 131 Å². The van der Waals surface area contributed by atoms with Crippen LogP contribution in [0.5, 0.6) is 5.75 Å². The molecule has 1 aromatic rings. The smallest absolute Gasteiger partial charge is 0.118 e. The topological polar surface area (TPSA) is 33.9 Å². The van der Waals surface area contributed by atoms with Crippen molar-refractivity contribution < 1.29 is 23.0 Å². The van der Waals surface area contributed by atoms with E-state index in [1.165, 1.54) is 0 Å². The van der Waals surface area contributed by atoms with Crippen LogP contribution < -0.4 is 9.64 Å². The van der Waals surface area contributed by atoms with Crippen LogP contribution in [0.3, 0.4) is 0 Å². The first-order chi connectivity index (χ1) is 12.0. The molecule has 1 fully saturated rings. The predicted octanol–water partition coefficient (Wildman–Crippen LogP) is 1.62. The first-order valence-corrected chi connectivity index (χ1v) is 7.20. The Morgan fingerprint density at radius 2 is 1.90 bits per heavy atom. The average Bonchev–Trinajstić information content (AvgIpc) is 2.53. The highest BCUT2D eigenvalue weighted by molar-refractivity contribution is 5.31. The van der Waals surface area contributed by atoms with E-state index in [1.54, 1.807) is 31.4 Å². The molecule has 0 spiro atoms. The molecule has 1 aliphatic carbocycles. The van der Waals surface area contributed by atoms with Gasteiger partial charge in [0.15, 0.2) is 0 Å². The highest BCUT2D eigenvalue weighted by atomic mass is 16.5. The molecule has 0 heterocycles. The fraction of sp³-hybridized carbons (Fsp3) is 0.647. The van der Waals surface area contributed by atoms with Crippen LogP contribution in [0.25, 0.3) is 0 Å². The molecular weight excluding hydrogens is 250 g/mol. The number of quaternary nitrogens is 1. The number of ether oxygens (including phenoxy) is 1. The van der Waals surface area contributed by atoms with E-state index in [0.29, 0.717) is 18.6 Å². The molecule has 1 aromatic carbocycles. The molecule has 0 aliphatic heterocycles. The van der Waals surface area contributed by atoms with Crippen LogP contribution in [0.1, 0.15) is 51.8 Å². The van der Waals surface area contributed by atoms with Crippen LogP contribution in [0.4, 0.5) is 0 Å². The molecule has 0 saturated heterocycles. The fourth-order valence-corrected chi connectivity index (χ4v) is 3.17. The van der Waals surface area contributed by atoms with Crippen molar-refractivity contribution in [2.75, 3.05) is 27.6 Å². The summed E-state index contributed by atoms with van der Waals surface area (Å²) < 4.78 is 51.2. The zero-order chi connectivity index (χ0) is 19.6. The number of benzene rings is 1. The molecule has 1 saturated carbocycles. The molecule has 0 radical (unpaired) electrons. The van der Waals surface area contributed by atoms with Gasteiger partial charge >= 0.3 is 0 Å². The number of likely N-dealkylation sites (N-methyl/N-ethyl adjacent to an activating group) is 1. The van der Waals surface area contributed by atoms with E-state index in [2.05, 4.69) is 0 Å². The van der Waals surface area contributed by atoms with Crippen molar-refractivity contribution in [3.8, 4) is 5.75 Å². The van der Waals surface area contributed by atoms with Crippen LogP contribution in [0, 0.1) is 0 Å². The van der Waals surface area contributed by atoms with Crippen LogP contribution in [0.15, 0.2) is 24.3 Å². The molecule has 0 bridgehead atoms. The number of nitrogens with one attached hydrogen (secondary N) is 1. The third kappa shape index (κ3) is 3.53. The van der Waals surface area contributed by atoms with Gasteiger partial charge in [0.1, 0.15) is 5.75 Å². The summed E-state index contributed by atoms with van der Waals surface area (Å²) in [7, 11) is 1.55. The first kappa shape index (κ1) is 9.06. The highest BCUT2D eigenvalue weighted by Crippen LogP contribution is 2.39. The lowest BCUT2D eigenvalue weighted by atomic mass is 9.72. The Bertz CT molecular complexity index is 564. The molecule has 2 N–H and O–H groups in total. The minimum absolute atomic E-state index is 0.185. The van der Waals surface area contributed by atoms with Gasteiger partial charge in [-0.1, -0.05) is 31.4 Å². The summed E-state index contributed by atoms with van der Waals surface area (Å²) in [5.74, 6) is 0.0727. The second-order valence-corrected chi connectivity index (χ2v) is 5.67. The van der Waals surface area contributed by atoms with Gasteiger partial charge in [-0.15, -0.1) is 0 Å². The molecule has 1 aliphatic rings. The predicted molar refractivity (Wildman–Crippen MR) is 81.4 cm³/mol. The van der Waals surface area contributed by atoms with E-state index in [9.17, 15) is 5.11 Å². The second kappa shape index (κ2) is 6.59. The number of rotatable bonds is 5. The fourth-order valence-electron chi connectivity index (χ4n) is 3.17. The molecule has 1 atom stereocenters. The quantitative estimate of drug-likeness (QED) is 0.861. The molecule has 0 unspecified atom stereocenters. The first-order valence-electron chi connectivity index (χ1n) is 10.2. The number of hydrogen-bond donors (Lipinski definition) is 2. The van der Waals surface area contributed by atoms with Crippen molar-refractivity contribution >= 4 is 0 Å². The van der Waals surface area contributed by atoms with E-state index in [0.717, 1.165) is 24.8 Å². The maximum absolute atomic E-state index is 11.3.